The van der Waals surface area contributed by atoms with Crippen LogP contribution in [0.2, 0.25) is 0 Å². The number of benzene rings is 3. The van der Waals surface area contributed by atoms with Gasteiger partial charge in [0.05, 0.1) is 28.7 Å². The van der Waals surface area contributed by atoms with E-state index in [0.29, 0.717) is 29.9 Å². The van der Waals surface area contributed by atoms with Gasteiger partial charge in [0.2, 0.25) is 0 Å². The summed E-state index contributed by atoms with van der Waals surface area (Å²) in [6.07, 6.45) is 7.06. The monoisotopic (exact) mass is 604 g/mol. The molecule has 0 N–H and O–H groups in total. The van der Waals surface area contributed by atoms with E-state index in [4.69, 9.17) is 9.47 Å². The summed E-state index contributed by atoms with van der Waals surface area (Å²) in [5.41, 5.74) is 1.83. The van der Waals surface area contributed by atoms with E-state index in [1.165, 1.54) is 5.39 Å². The predicted molar refractivity (Wildman–Crippen MR) is 148 cm³/mol. The van der Waals surface area contributed by atoms with Crippen molar-refractivity contribution in [2.24, 2.45) is 40.6 Å². The predicted octanol–water partition coefficient (Wildman–Crippen LogP) is 5.42. The molecule has 4 aliphatic carbocycles. The Labute approximate surface area is 228 Å². The lowest BCUT2D eigenvalue weighted by Gasteiger charge is -2.37. The Morgan fingerprint density at radius 2 is 1.70 bits per heavy atom. The molecule has 6 atom stereocenters. The van der Waals surface area contributed by atoms with Crippen molar-refractivity contribution >= 4 is 51.4 Å². The third-order valence-electron chi connectivity index (χ3n) is 8.47. The number of nitrogens with zero attached hydrogens (tertiary/aromatic N) is 2. The van der Waals surface area contributed by atoms with E-state index in [9.17, 15) is 9.59 Å². The average Bonchev–Trinajstić information content (AvgIpc) is 3.70. The number of rotatable bonds is 6. The van der Waals surface area contributed by atoms with Gasteiger partial charge in [0, 0.05) is 0 Å². The third kappa shape index (κ3) is 3.61. The van der Waals surface area contributed by atoms with E-state index in [1.54, 1.807) is 13.3 Å². The summed E-state index contributed by atoms with van der Waals surface area (Å²) in [5, 5.41) is 7.81. The Kier molecular flexibility index (Phi) is 5.39. The van der Waals surface area contributed by atoms with E-state index in [0.717, 1.165) is 31.5 Å². The van der Waals surface area contributed by atoms with Crippen LogP contribution in [0.3, 0.4) is 0 Å². The van der Waals surface area contributed by atoms with Crippen molar-refractivity contribution in [1.82, 2.24) is 5.01 Å². The third-order valence-corrected chi connectivity index (χ3v) is 9.27. The van der Waals surface area contributed by atoms with Crippen molar-refractivity contribution < 1.29 is 19.1 Å². The number of methoxy groups -OCH3 is 1. The standard InChI is InChI=1S/C30H25IN2O4/c1-36-25-12-16(11-24(31)28(25)37-15-18-7-4-6-17-5-2-3-8-19(17)18)14-32-33-29(34)26-20-9-10-21(23-13-22(20)23)27(26)30(33)35/h2-12,14,20-23,26-27H,13,15H2,1H3/t20-,21-,22-,23+,26+,27+/m0/s1. The summed E-state index contributed by atoms with van der Waals surface area (Å²) < 4.78 is 12.7. The number of fused-ring (bicyclic) bond motifs is 1. The highest BCUT2D eigenvalue weighted by molar-refractivity contribution is 14.1. The van der Waals surface area contributed by atoms with Crippen LogP contribution in [0, 0.1) is 39.1 Å². The highest BCUT2D eigenvalue weighted by Gasteiger charge is 2.67. The number of imide groups is 1. The van der Waals surface area contributed by atoms with Crippen molar-refractivity contribution in [3.63, 3.8) is 0 Å². The van der Waals surface area contributed by atoms with Crippen molar-refractivity contribution in [2.45, 2.75) is 13.0 Å². The number of allylic oxidation sites excluding steroid dienone is 2. The van der Waals surface area contributed by atoms with Gasteiger partial charge in [-0.05, 0) is 86.7 Å². The topological polar surface area (TPSA) is 68.2 Å². The molecule has 3 aromatic carbocycles. The molecule has 6 nitrogen and oxygen atoms in total. The fraction of sp³-hybridized carbons (Fsp3) is 0.300. The average molecular weight is 604 g/mol. The minimum atomic E-state index is -0.247. The first-order valence-corrected chi connectivity index (χ1v) is 13.7. The second-order valence-electron chi connectivity index (χ2n) is 10.3. The summed E-state index contributed by atoms with van der Waals surface area (Å²) in [6, 6.07) is 18.2. The van der Waals surface area contributed by atoms with Gasteiger partial charge >= 0.3 is 0 Å². The van der Waals surface area contributed by atoms with Crippen LogP contribution in [0.1, 0.15) is 17.5 Å². The summed E-state index contributed by atoms with van der Waals surface area (Å²) in [6.45, 7) is 0.402. The smallest absolute Gasteiger partial charge is 0.254 e. The summed E-state index contributed by atoms with van der Waals surface area (Å²) in [5.74, 6) is 1.93. The molecule has 0 unspecified atom stereocenters. The molecule has 7 heteroatoms. The minimum absolute atomic E-state index is 0.160. The number of amides is 2. The van der Waals surface area contributed by atoms with Crippen LogP contribution in [-0.2, 0) is 16.2 Å². The number of hydrogen-bond acceptors (Lipinski definition) is 5. The molecule has 3 fully saturated rings. The molecule has 2 saturated carbocycles. The Morgan fingerprint density at radius 3 is 2.43 bits per heavy atom. The molecule has 8 rings (SSSR count). The van der Waals surface area contributed by atoms with Crippen molar-refractivity contribution in [3.05, 3.63) is 81.4 Å². The zero-order valence-corrected chi connectivity index (χ0v) is 22.4. The van der Waals surface area contributed by atoms with Gasteiger partial charge in [-0.2, -0.15) is 10.1 Å². The molecule has 5 aliphatic rings. The number of carbonyl (C=O) groups excluding carboxylic acids is 2. The quantitative estimate of drug-likeness (QED) is 0.163. The normalized spacial score (nSPS) is 29.2. The van der Waals surface area contributed by atoms with E-state index in [1.807, 2.05) is 30.3 Å². The largest absolute Gasteiger partial charge is 0.493 e. The lowest BCUT2D eigenvalue weighted by molar-refractivity contribution is -0.140. The van der Waals surface area contributed by atoms with Gasteiger partial charge in [-0.3, -0.25) is 9.59 Å². The van der Waals surface area contributed by atoms with Crippen LogP contribution in [-0.4, -0.2) is 30.1 Å². The number of hydrazone groups is 1. The molecule has 1 aliphatic heterocycles. The van der Waals surface area contributed by atoms with Crippen LogP contribution in [0.25, 0.3) is 10.8 Å². The van der Waals surface area contributed by atoms with Crippen LogP contribution in [0.5, 0.6) is 11.5 Å². The summed E-state index contributed by atoms with van der Waals surface area (Å²) in [4.78, 5) is 26.4. The summed E-state index contributed by atoms with van der Waals surface area (Å²) >= 11 is 2.22. The number of ether oxygens (including phenoxy) is 2. The van der Waals surface area contributed by atoms with E-state index < -0.39 is 0 Å². The number of halogens is 1. The molecule has 2 amide bonds. The van der Waals surface area contributed by atoms with E-state index >= 15 is 0 Å². The highest BCUT2D eigenvalue weighted by atomic mass is 127. The van der Waals surface area contributed by atoms with Crippen molar-refractivity contribution in [1.29, 1.82) is 0 Å². The molecule has 1 saturated heterocycles. The van der Waals surface area contributed by atoms with Gasteiger partial charge in [0.15, 0.2) is 11.5 Å². The molecule has 0 aromatic heterocycles. The Hall–Kier alpha value is -3.20. The maximum atomic E-state index is 13.2. The van der Waals surface area contributed by atoms with E-state index in [-0.39, 0.29) is 35.5 Å². The molecule has 0 spiro atoms. The Balaban J connectivity index is 1.11. The molecule has 3 aromatic rings. The van der Waals surface area contributed by atoms with Gasteiger partial charge in [0.1, 0.15) is 6.61 Å². The van der Waals surface area contributed by atoms with Crippen LogP contribution in [0.15, 0.2) is 71.9 Å². The SMILES string of the molecule is COc1cc(C=NN2C(=O)[C@@H]3[C@H]4C=C[C@@H]([C@@H]5C[C@H]45)[C@H]3C2=O)cc(I)c1OCc1cccc2ccccc12. The lowest BCUT2D eigenvalue weighted by atomic mass is 9.63. The van der Waals surface area contributed by atoms with Crippen LogP contribution < -0.4 is 9.47 Å². The van der Waals surface area contributed by atoms with E-state index in [2.05, 4.69) is 64.1 Å². The minimum Gasteiger partial charge on any atom is -0.493 e. The molecule has 2 bridgehead atoms. The molecular formula is C30H25IN2O4. The van der Waals surface area contributed by atoms with Gasteiger partial charge in [-0.25, -0.2) is 0 Å². The molecule has 186 valence electrons. The Bertz CT molecular complexity index is 1470. The molecule has 37 heavy (non-hydrogen) atoms. The molecule has 0 radical (unpaired) electrons. The maximum Gasteiger partial charge on any atom is 0.254 e. The first-order valence-electron chi connectivity index (χ1n) is 12.6. The van der Waals surface area contributed by atoms with Crippen molar-refractivity contribution in [3.8, 4) is 11.5 Å². The summed E-state index contributed by atoms with van der Waals surface area (Å²) in [7, 11) is 1.60. The Morgan fingerprint density at radius 1 is 1.00 bits per heavy atom. The fourth-order valence-electron chi connectivity index (χ4n) is 6.70. The van der Waals surface area contributed by atoms with Crippen LogP contribution in [0.4, 0.5) is 0 Å². The first-order chi connectivity index (χ1) is 18.0. The number of carbonyl (C=O) groups is 2. The van der Waals surface area contributed by atoms with Gasteiger partial charge in [-0.15, -0.1) is 0 Å². The van der Waals surface area contributed by atoms with Gasteiger partial charge in [-0.1, -0.05) is 54.6 Å². The molecular weight excluding hydrogens is 579 g/mol. The van der Waals surface area contributed by atoms with Crippen molar-refractivity contribution in [2.75, 3.05) is 7.11 Å². The zero-order chi connectivity index (χ0) is 25.3. The van der Waals surface area contributed by atoms with Gasteiger partial charge in [0.25, 0.3) is 11.8 Å². The first kappa shape index (κ1) is 23.0. The highest BCUT2D eigenvalue weighted by Crippen LogP contribution is 2.65. The zero-order valence-electron chi connectivity index (χ0n) is 20.2. The maximum absolute atomic E-state index is 13.2. The lowest BCUT2D eigenvalue weighted by Crippen LogP contribution is -2.40. The fourth-order valence-corrected chi connectivity index (χ4v) is 7.48. The second-order valence-corrected chi connectivity index (χ2v) is 11.5. The number of hydrogen-bond donors (Lipinski definition) is 0. The van der Waals surface area contributed by atoms with Crippen LogP contribution >= 0.6 is 22.6 Å². The van der Waals surface area contributed by atoms with Gasteiger partial charge < -0.3 is 9.47 Å². The molecule has 1 heterocycles. The second kappa shape index (κ2) is 8.68.